The summed E-state index contributed by atoms with van der Waals surface area (Å²) in [5.74, 6) is 0.934. The van der Waals surface area contributed by atoms with Gasteiger partial charge in [0.25, 0.3) is 0 Å². The van der Waals surface area contributed by atoms with E-state index in [4.69, 9.17) is 0 Å². The number of benzene rings is 1. The van der Waals surface area contributed by atoms with Gasteiger partial charge < -0.3 is 4.72 Å². The van der Waals surface area contributed by atoms with Crippen molar-refractivity contribution in [3.63, 3.8) is 0 Å². The molecule has 1 aromatic carbocycles. The lowest BCUT2D eigenvalue weighted by atomic mass is 9.87. The zero-order valence-electron chi connectivity index (χ0n) is 12.4. The van der Waals surface area contributed by atoms with Crippen molar-refractivity contribution in [1.82, 2.24) is 9.36 Å². The molecule has 1 heterocycles. The zero-order valence-corrected chi connectivity index (χ0v) is 14.1. The van der Waals surface area contributed by atoms with Gasteiger partial charge in [-0.2, -0.15) is 4.37 Å². The van der Waals surface area contributed by atoms with Crippen molar-refractivity contribution in [2.24, 2.45) is 0 Å². The predicted octanol–water partition coefficient (Wildman–Crippen LogP) is 4.91. The lowest BCUT2D eigenvalue weighted by molar-refractivity contribution is 0.590. The number of aromatic nitrogens is 2. The summed E-state index contributed by atoms with van der Waals surface area (Å²) in [5.41, 5.74) is 1.55. The molecule has 3 nitrogen and oxygen atoms in total. The number of rotatable bonds is 5. The van der Waals surface area contributed by atoms with E-state index in [-0.39, 0.29) is 5.41 Å². The third-order valence-electron chi connectivity index (χ3n) is 2.92. The van der Waals surface area contributed by atoms with Crippen LogP contribution in [0.15, 0.2) is 29.2 Å². The number of nitrogens with zero attached hydrogens (tertiary/aromatic N) is 2. The molecule has 0 aliphatic heterocycles. The molecule has 1 aromatic heterocycles. The van der Waals surface area contributed by atoms with Gasteiger partial charge in [-0.3, -0.25) is 0 Å². The molecule has 0 radical (unpaired) electrons. The van der Waals surface area contributed by atoms with Crippen LogP contribution in [0.25, 0.3) is 0 Å². The van der Waals surface area contributed by atoms with E-state index in [0.29, 0.717) is 0 Å². The lowest BCUT2D eigenvalue weighted by Gasteiger charge is -2.18. The fourth-order valence-electron chi connectivity index (χ4n) is 1.75. The largest absolute Gasteiger partial charge is 0.300 e. The maximum atomic E-state index is 4.45. The molecule has 0 spiro atoms. The fraction of sp³-hybridized carbons (Fsp3) is 0.467. The summed E-state index contributed by atoms with van der Waals surface area (Å²) in [5, 5.41) is 0.873. The minimum atomic E-state index is 0.199. The van der Waals surface area contributed by atoms with Crippen LogP contribution in [0.5, 0.6) is 0 Å². The maximum absolute atomic E-state index is 4.45. The predicted molar refractivity (Wildman–Crippen MR) is 88.5 cm³/mol. The van der Waals surface area contributed by atoms with Crippen LogP contribution in [-0.4, -0.2) is 9.36 Å². The molecule has 108 valence electrons. The highest BCUT2D eigenvalue weighted by Gasteiger charge is 2.13. The Labute approximate surface area is 129 Å². The Morgan fingerprint density at radius 1 is 1.20 bits per heavy atom. The monoisotopic (exact) mass is 307 g/mol. The number of aryl methyl sites for hydroxylation is 1. The normalized spacial score (nSPS) is 11.6. The molecule has 0 aliphatic carbocycles. The van der Waals surface area contributed by atoms with Gasteiger partial charge in [0, 0.05) is 22.8 Å². The van der Waals surface area contributed by atoms with E-state index in [1.54, 1.807) is 11.9 Å². The van der Waals surface area contributed by atoms with Crippen LogP contribution in [0, 0.1) is 0 Å². The number of nitrogens with one attached hydrogen (secondary N) is 1. The van der Waals surface area contributed by atoms with Gasteiger partial charge in [0.2, 0.25) is 5.13 Å². The summed E-state index contributed by atoms with van der Waals surface area (Å²) in [6.45, 7) is 8.82. The van der Waals surface area contributed by atoms with Gasteiger partial charge in [0.05, 0.1) is 0 Å². The van der Waals surface area contributed by atoms with Crippen LogP contribution in [0.4, 0.5) is 5.13 Å². The molecule has 0 amide bonds. The molecule has 0 aliphatic rings. The second kappa shape index (κ2) is 6.59. The van der Waals surface area contributed by atoms with Crippen LogP contribution in [0.1, 0.15) is 45.5 Å². The minimum Gasteiger partial charge on any atom is -0.300 e. The van der Waals surface area contributed by atoms with Gasteiger partial charge in [-0.05, 0) is 41.5 Å². The summed E-state index contributed by atoms with van der Waals surface area (Å²) in [7, 11) is 0. The third-order valence-corrected chi connectivity index (χ3v) is 4.52. The van der Waals surface area contributed by atoms with E-state index in [0.717, 1.165) is 23.8 Å². The Morgan fingerprint density at radius 3 is 2.50 bits per heavy atom. The van der Waals surface area contributed by atoms with Crippen molar-refractivity contribution in [1.29, 1.82) is 0 Å². The fourth-order valence-corrected chi connectivity index (χ4v) is 3.01. The first-order valence-corrected chi connectivity index (χ1v) is 8.44. The molecule has 5 heteroatoms. The molecule has 1 N–H and O–H groups in total. The van der Waals surface area contributed by atoms with E-state index in [1.165, 1.54) is 22.0 Å². The summed E-state index contributed by atoms with van der Waals surface area (Å²) in [4.78, 5) is 5.63. The van der Waals surface area contributed by atoms with Crippen LogP contribution in [0.3, 0.4) is 0 Å². The van der Waals surface area contributed by atoms with E-state index in [2.05, 4.69) is 66.0 Å². The Morgan fingerprint density at radius 2 is 1.90 bits per heavy atom. The number of anilines is 1. The van der Waals surface area contributed by atoms with Crippen molar-refractivity contribution in [2.45, 2.75) is 50.8 Å². The molecule has 2 rings (SSSR count). The number of hydrogen-bond donors (Lipinski definition) is 1. The van der Waals surface area contributed by atoms with Crippen LogP contribution < -0.4 is 4.72 Å². The first kappa shape index (κ1) is 15.3. The molecule has 20 heavy (non-hydrogen) atoms. The molecule has 0 bridgehead atoms. The molecule has 0 saturated heterocycles. The van der Waals surface area contributed by atoms with Crippen LogP contribution >= 0.6 is 23.5 Å². The molecule has 0 unspecified atom stereocenters. The van der Waals surface area contributed by atoms with Gasteiger partial charge in [-0.25, -0.2) is 4.98 Å². The molecular formula is C15H21N3S2. The van der Waals surface area contributed by atoms with Gasteiger partial charge in [0.15, 0.2) is 0 Å². The topological polar surface area (TPSA) is 37.8 Å². The summed E-state index contributed by atoms with van der Waals surface area (Å²) in [6, 6.07) is 8.66. The quantitative estimate of drug-likeness (QED) is 0.797. The molecule has 0 atom stereocenters. The van der Waals surface area contributed by atoms with Gasteiger partial charge in [0.1, 0.15) is 5.82 Å². The van der Waals surface area contributed by atoms with Crippen LogP contribution in [-0.2, 0) is 11.8 Å². The first-order valence-electron chi connectivity index (χ1n) is 6.85. The first-order chi connectivity index (χ1) is 9.49. The maximum Gasteiger partial charge on any atom is 0.212 e. The molecule has 0 fully saturated rings. The lowest BCUT2D eigenvalue weighted by Crippen LogP contribution is -2.10. The Bertz CT molecular complexity index is 541. The summed E-state index contributed by atoms with van der Waals surface area (Å²) in [6.07, 6.45) is 2.03. The Balaban J connectivity index is 1.93. The smallest absolute Gasteiger partial charge is 0.212 e. The SMILES string of the molecule is CCCc1nsc(NSc2ccc(C(C)(C)C)cc2)n1. The van der Waals surface area contributed by atoms with Crippen molar-refractivity contribution in [3.05, 3.63) is 35.7 Å². The number of hydrogen-bond acceptors (Lipinski definition) is 5. The van der Waals surface area contributed by atoms with Crippen molar-refractivity contribution in [2.75, 3.05) is 4.72 Å². The average Bonchev–Trinajstić information content (AvgIpc) is 2.84. The van der Waals surface area contributed by atoms with Gasteiger partial charge in [-0.15, -0.1) is 0 Å². The summed E-state index contributed by atoms with van der Waals surface area (Å²) < 4.78 is 7.58. The second-order valence-corrected chi connectivity index (χ2v) is 7.38. The van der Waals surface area contributed by atoms with Gasteiger partial charge >= 0.3 is 0 Å². The van der Waals surface area contributed by atoms with Crippen LogP contribution in [0.2, 0.25) is 0 Å². The van der Waals surface area contributed by atoms with E-state index in [9.17, 15) is 0 Å². The standard InChI is InChI=1S/C15H21N3S2/c1-5-6-13-16-14(20-17-13)18-19-12-9-7-11(8-10-12)15(2,3)4/h7-10H,5-6H2,1-4H3,(H,16,17,18). The highest BCUT2D eigenvalue weighted by Crippen LogP contribution is 2.27. The zero-order chi connectivity index (χ0) is 14.6. The minimum absolute atomic E-state index is 0.199. The third kappa shape index (κ3) is 4.21. The van der Waals surface area contributed by atoms with E-state index < -0.39 is 0 Å². The Hall–Kier alpha value is -1.07. The molecular weight excluding hydrogens is 286 g/mol. The van der Waals surface area contributed by atoms with E-state index >= 15 is 0 Å². The van der Waals surface area contributed by atoms with Crippen molar-refractivity contribution < 1.29 is 0 Å². The second-order valence-electron chi connectivity index (χ2n) is 5.74. The highest BCUT2D eigenvalue weighted by molar-refractivity contribution is 8.00. The van der Waals surface area contributed by atoms with Gasteiger partial charge in [-0.1, -0.05) is 39.8 Å². The highest BCUT2D eigenvalue weighted by atomic mass is 32.2. The summed E-state index contributed by atoms with van der Waals surface area (Å²) >= 11 is 3.01. The van der Waals surface area contributed by atoms with Crippen molar-refractivity contribution in [3.8, 4) is 0 Å². The van der Waals surface area contributed by atoms with Crippen molar-refractivity contribution >= 4 is 28.6 Å². The molecule has 0 saturated carbocycles. The average molecular weight is 307 g/mol. The molecule has 2 aromatic rings. The Kier molecular flexibility index (Phi) is 5.05. The van der Waals surface area contributed by atoms with E-state index in [1.807, 2.05) is 0 Å².